The second-order valence-electron chi connectivity index (χ2n) is 5.58. The van der Waals surface area contributed by atoms with Crippen LogP contribution in [0.3, 0.4) is 0 Å². The van der Waals surface area contributed by atoms with Crippen molar-refractivity contribution in [1.29, 1.82) is 0 Å². The number of ether oxygens (including phenoxy) is 1. The number of nitrogens with two attached hydrogens (primary N) is 1. The topological polar surface area (TPSA) is 98.5 Å². The predicted octanol–water partition coefficient (Wildman–Crippen LogP) is 1.88. The molecule has 0 aliphatic heterocycles. The van der Waals surface area contributed by atoms with Gasteiger partial charge in [0.05, 0.1) is 11.4 Å². The van der Waals surface area contributed by atoms with E-state index in [4.69, 9.17) is 9.88 Å². The van der Waals surface area contributed by atoms with Gasteiger partial charge in [0.1, 0.15) is 12.4 Å². The average Bonchev–Trinajstić information content (AvgIpc) is 2.46. The fourth-order valence-electron chi connectivity index (χ4n) is 2.36. The summed E-state index contributed by atoms with van der Waals surface area (Å²) >= 11 is 0. The third-order valence-corrected chi connectivity index (χ3v) is 4.85. The van der Waals surface area contributed by atoms with E-state index >= 15 is 0 Å². The van der Waals surface area contributed by atoms with Crippen molar-refractivity contribution < 1.29 is 17.9 Å². The molecule has 7 heteroatoms. The van der Waals surface area contributed by atoms with Crippen LogP contribution in [0.5, 0.6) is 5.75 Å². The molecule has 0 radical (unpaired) electrons. The number of benzene rings is 1. The van der Waals surface area contributed by atoms with E-state index in [0.29, 0.717) is 30.0 Å². The first kappa shape index (κ1) is 19.4. The van der Waals surface area contributed by atoms with Gasteiger partial charge in [0.2, 0.25) is 15.9 Å². The Morgan fingerprint density at radius 2 is 1.83 bits per heavy atom. The SMILES string of the molecule is CCC(CC)C(=O)NCCOc1cc(C)c(S(N)(=O)=O)cc1C. The second kappa shape index (κ2) is 8.31. The first-order valence-corrected chi connectivity index (χ1v) is 9.29. The van der Waals surface area contributed by atoms with Crippen molar-refractivity contribution in [3.8, 4) is 5.75 Å². The second-order valence-corrected chi connectivity index (χ2v) is 7.11. The van der Waals surface area contributed by atoms with Crippen molar-refractivity contribution in [2.75, 3.05) is 13.2 Å². The van der Waals surface area contributed by atoms with Gasteiger partial charge in [-0.2, -0.15) is 0 Å². The van der Waals surface area contributed by atoms with Gasteiger partial charge in [0.15, 0.2) is 0 Å². The van der Waals surface area contributed by atoms with Crippen LogP contribution in [0.2, 0.25) is 0 Å². The molecule has 0 spiro atoms. The number of amides is 1. The quantitative estimate of drug-likeness (QED) is 0.705. The molecule has 0 saturated heterocycles. The Kier molecular flexibility index (Phi) is 7.02. The van der Waals surface area contributed by atoms with Crippen LogP contribution in [0.15, 0.2) is 17.0 Å². The summed E-state index contributed by atoms with van der Waals surface area (Å²) in [6, 6.07) is 3.15. The first-order chi connectivity index (χ1) is 10.7. The monoisotopic (exact) mass is 342 g/mol. The zero-order chi connectivity index (χ0) is 17.6. The summed E-state index contributed by atoms with van der Waals surface area (Å²) in [6.07, 6.45) is 1.63. The highest BCUT2D eigenvalue weighted by atomic mass is 32.2. The largest absolute Gasteiger partial charge is 0.491 e. The Morgan fingerprint density at radius 3 is 2.35 bits per heavy atom. The molecule has 0 aliphatic carbocycles. The molecule has 1 rings (SSSR count). The van der Waals surface area contributed by atoms with Crippen LogP contribution in [0, 0.1) is 19.8 Å². The molecule has 1 amide bonds. The van der Waals surface area contributed by atoms with Crippen LogP contribution in [-0.4, -0.2) is 27.5 Å². The average molecular weight is 342 g/mol. The number of hydrogen-bond donors (Lipinski definition) is 2. The Bertz CT molecular complexity index is 652. The predicted molar refractivity (Wildman–Crippen MR) is 89.9 cm³/mol. The number of rotatable bonds is 8. The lowest BCUT2D eigenvalue weighted by Crippen LogP contribution is -2.33. The molecule has 0 aromatic heterocycles. The fourth-order valence-corrected chi connectivity index (χ4v) is 3.21. The van der Waals surface area contributed by atoms with E-state index in [-0.39, 0.29) is 16.7 Å². The van der Waals surface area contributed by atoms with E-state index in [1.165, 1.54) is 6.07 Å². The van der Waals surface area contributed by atoms with Crippen LogP contribution in [0.1, 0.15) is 37.8 Å². The van der Waals surface area contributed by atoms with Crippen LogP contribution >= 0.6 is 0 Å². The normalized spacial score (nSPS) is 11.6. The molecule has 3 N–H and O–H groups in total. The molecule has 130 valence electrons. The maximum Gasteiger partial charge on any atom is 0.238 e. The summed E-state index contributed by atoms with van der Waals surface area (Å²) in [7, 11) is -3.74. The van der Waals surface area contributed by atoms with Crippen molar-refractivity contribution >= 4 is 15.9 Å². The van der Waals surface area contributed by atoms with Gasteiger partial charge in [0.25, 0.3) is 0 Å². The number of nitrogens with one attached hydrogen (secondary N) is 1. The molecule has 0 saturated carbocycles. The van der Waals surface area contributed by atoms with Crippen LogP contribution < -0.4 is 15.2 Å². The lowest BCUT2D eigenvalue weighted by molar-refractivity contribution is -0.125. The highest BCUT2D eigenvalue weighted by molar-refractivity contribution is 7.89. The minimum Gasteiger partial charge on any atom is -0.491 e. The summed E-state index contributed by atoms with van der Waals surface area (Å²) in [4.78, 5) is 11.9. The molecular weight excluding hydrogens is 316 g/mol. The number of aryl methyl sites for hydroxylation is 2. The maximum absolute atomic E-state index is 11.8. The highest BCUT2D eigenvalue weighted by Crippen LogP contribution is 2.25. The summed E-state index contributed by atoms with van der Waals surface area (Å²) in [6.45, 7) is 8.13. The van der Waals surface area contributed by atoms with E-state index in [1.807, 2.05) is 13.8 Å². The molecule has 0 heterocycles. The van der Waals surface area contributed by atoms with Crippen LogP contribution in [0.4, 0.5) is 0 Å². The minimum atomic E-state index is -3.74. The molecule has 23 heavy (non-hydrogen) atoms. The molecule has 6 nitrogen and oxygen atoms in total. The molecule has 0 fully saturated rings. The number of carbonyl (C=O) groups is 1. The molecule has 1 aromatic carbocycles. The highest BCUT2D eigenvalue weighted by Gasteiger charge is 2.15. The minimum absolute atomic E-state index is 0.0352. The third kappa shape index (κ3) is 5.51. The van der Waals surface area contributed by atoms with E-state index in [9.17, 15) is 13.2 Å². The number of hydrogen-bond acceptors (Lipinski definition) is 4. The number of primary sulfonamides is 1. The fraction of sp³-hybridized carbons (Fsp3) is 0.562. The third-order valence-electron chi connectivity index (χ3n) is 3.79. The Morgan fingerprint density at radius 1 is 1.22 bits per heavy atom. The standard InChI is InChI=1S/C16H26N2O4S/c1-5-13(6-2)16(19)18-7-8-22-14-9-12(4)15(10-11(14)3)23(17,20)21/h9-10,13H,5-8H2,1-4H3,(H,18,19)(H2,17,20,21). The molecule has 0 atom stereocenters. The van der Waals surface area contributed by atoms with Crippen LogP contribution in [0.25, 0.3) is 0 Å². The lowest BCUT2D eigenvalue weighted by atomic mass is 10.0. The summed E-state index contributed by atoms with van der Waals surface area (Å²) < 4.78 is 28.6. The van der Waals surface area contributed by atoms with Gasteiger partial charge in [-0.3, -0.25) is 4.79 Å². The zero-order valence-corrected chi connectivity index (χ0v) is 15.0. The van der Waals surface area contributed by atoms with E-state index in [2.05, 4.69) is 5.32 Å². The van der Waals surface area contributed by atoms with Crippen molar-refractivity contribution in [3.05, 3.63) is 23.3 Å². The van der Waals surface area contributed by atoms with Gasteiger partial charge in [-0.15, -0.1) is 0 Å². The van der Waals surface area contributed by atoms with Gasteiger partial charge in [-0.1, -0.05) is 13.8 Å². The Hall–Kier alpha value is -1.60. The Labute approximate surface area is 138 Å². The lowest BCUT2D eigenvalue weighted by Gasteiger charge is -2.15. The molecule has 0 unspecified atom stereocenters. The van der Waals surface area contributed by atoms with E-state index in [0.717, 1.165) is 12.8 Å². The number of carbonyl (C=O) groups excluding carboxylic acids is 1. The van der Waals surface area contributed by atoms with Gasteiger partial charge < -0.3 is 10.1 Å². The van der Waals surface area contributed by atoms with Gasteiger partial charge in [-0.25, -0.2) is 13.6 Å². The molecule has 1 aromatic rings. The summed E-state index contributed by atoms with van der Waals surface area (Å²) in [5.74, 6) is 0.663. The zero-order valence-electron chi connectivity index (χ0n) is 14.2. The first-order valence-electron chi connectivity index (χ1n) is 7.75. The molecule has 0 aliphatic rings. The van der Waals surface area contributed by atoms with Crippen molar-refractivity contribution in [1.82, 2.24) is 5.32 Å². The maximum atomic E-state index is 11.8. The Balaban J connectivity index is 2.63. The van der Waals surface area contributed by atoms with Crippen molar-refractivity contribution in [2.24, 2.45) is 11.1 Å². The molecule has 0 bridgehead atoms. The smallest absolute Gasteiger partial charge is 0.238 e. The summed E-state index contributed by atoms with van der Waals surface area (Å²) in [5, 5.41) is 8.01. The van der Waals surface area contributed by atoms with Crippen molar-refractivity contribution in [3.63, 3.8) is 0 Å². The van der Waals surface area contributed by atoms with Gasteiger partial charge >= 0.3 is 0 Å². The van der Waals surface area contributed by atoms with Gasteiger partial charge in [0, 0.05) is 5.92 Å². The van der Waals surface area contributed by atoms with E-state index in [1.54, 1.807) is 19.9 Å². The number of sulfonamides is 1. The molecular formula is C16H26N2O4S. The van der Waals surface area contributed by atoms with Gasteiger partial charge in [-0.05, 0) is 49.9 Å². The van der Waals surface area contributed by atoms with Crippen molar-refractivity contribution in [2.45, 2.75) is 45.4 Å². The van der Waals surface area contributed by atoms with E-state index < -0.39 is 10.0 Å². The van der Waals surface area contributed by atoms with Crippen LogP contribution in [-0.2, 0) is 14.8 Å². The summed E-state index contributed by atoms with van der Waals surface area (Å²) in [5.41, 5.74) is 1.22.